The molecule has 2 rings (SSSR count). The number of benzene rings is 2. The summed E-state index contributed by atoms with van der Waals surface area (Å²) in [6.07, 6.45) is 1.31. The van der Waals surface area contributed by atoms with Crippen LogP contribution >= 0.6 is 0 Å². The van der Waals surface area contributed by atoms with Gasteiger partial charge in [0.1, 0.15) is 0 Å². The van der Waals surface area contributed by atoms with Crippen molar-refractivity contribution in [2.24, 2.45) is 0 Å². The number of para-hydroxylation sites is 1. The zero-order valence-electron chi connectivity index (χ0n) is 15.5. The largest absolute Gasteiger partial charge is 0.493 e. The van der Waals surface area contributed by atoms with Crippen molar-refractivity contribution in [1.82, 2.24) is 5.32 Å². The number of unbranched alkanes of at least 4 members (excludes halogenated alkanes) is 1. The third kappa shape index (κ3) is 5.46. The lowest BCUT2D eigenvalue weighted by Gasteiger charge is -2.13. The van der Waals surface area contributed by atoms with E-state index in [9.17, 15) is 9.59 Å². The van der Waals surface area contributed by atoms with Gasteiger partial charge in [0.25, 0.3) is 11.8 Å². The summed E-state index contributed by atoms with van der Waals surface area (Å²) in [5, 5.41) is 14.3. The summed E-state index contributed by atoms with van der Waals surface area (Å²) in [5.74, 6) is 0.324. The van der Waals surface area contributed by atoms with Crippen LogP contribution in [0.25, 0.3) is 0 Å². The van der Waals surface area contributed by atoms with Crippen molar-refractivity contribution in [2.45, 2.75) is 12.8 Å². The molecule has 0 bridgehead atoms. The Morgan fingerprint density at radius 2 is 1.70 bits per heavy atom. The first-order chi connectivity index (χ1) is 13.1. The van der Waals surface area contributed by atoms with Gasteiger partial charge >= 0.3 is 0 Å². The number of amides is 2. The van der Waals surface area contributed by atoms with E-state index in [1.165, 1.54) is 14.2 Å². The molecule has 0 spiro atoms. The molecular formula is C20H24N2O5. The summed E-state index contributed by atoms with van der Waals surface area (Å²) >= 11 is 0. The number of anilines is 1. The minimum atomic E-state index is -0.364. The Hall–Kier alpha value is -3.06. The lowest BCUT2D eigenvalue weighted by atomic mass is 10.1. The fraction of sp³-hybridized carbons (Fsp3) is 0.300. The van der Waals surface area contributed by atoms with Gasteiger partial charge in [0.15, 0.2) is 11.5 Å². The van der Waals surface area contributed by atoms with Crippen molar-refractivity contribution in [2.75, 3.05) is 32.7 Å². The highest BCUT2D eigenvalue weighted by atomic mass is 16.5. The predicted molar refractivity (Wildman–Crippen MR) is 103 cm³/mol. The number of rotatable bonds is 9. The summed E-state index contributed by atoms with van der Waals surface area (Å²) in [4.78, 5) is 25.0. The maximum atomic E-state index is 12.6. The first kappa shape index (κ1) is 20.3. The van der Waals surface area contributed by atoms with Crippen LogP contribution in [0.4, 0.5) is 5.69 Å². The van der Waals surface area contributed by atoms with Crippen LogP contribution in [0, 0.1) is 0 Å². The van der Waals surface area contributed by atoms with Crippen LogP contribution in [0.2, 0.25) is 0 Å². The monoisotopic (exact) mass is 372 g/mol. The zero-order chi connectivity index (χ0) is 19.6. The van der Waals surface area contributed by atoms with Crippen LogP contribution in [-0.2, 0) is 0 Å². The van der Waals surface area contributed by atoms with Crippen molar-refractivity contribution >= 4 is 17.5 Å². The second-order valence-electron chi connectivity index (χ2n) is 5.76. The van der Waals surface area contributed by atoms with E-state index in [4.69, 9.17) is 14.6 Å². The number of aliphatic hydroxyl groups excluding tert-OH is 1. The Bertz CT molecular complexity index is 792. The Morgan fingerprint density at radius 1 is 0.963 bits per heavy atom. The molecule has 0 atom stereocenters. The van der Waals surface area contributed by atoms with E-state index >= 15 is 0 Å². The summed E-state index contributed by atoms with van der Waals surface area (Å²) in [7, 11) is 3.02. The molecular weight excluding hydrogens is 348 g/mol. The fourth-order valence-corrected chi connectivity index (χ4v) is 2.50. The third-order valence-corrected chi connectivity index (χ3v) is 3.94. The van der Waals surface area contributed by atoms with Gasteiger partial charge in [0.05, 0.1) is 25.5 Å². The van der Waals surface area contributed by atoms with Gasteiger partial charge in [-0.1, -0.05) is 12.1 Å². The molecule has 2 aromatic rings. The van der Waals surface area contributed by atoms with E-state index in [1.54, 1.807) is 42.5 Å². The quantitative estimate of drug-likeness (QED) is 0.588. The maximum Gasteiger partial charge on any atom is 0.255 e. The van der Waals surface area contributed by atoms with Crippen molar-refractivity contribution in [3.63, 3.8) is 0 Å². The van der Waals surface area contributed by atoms with Crippen molar-refractivity contribution in [3.8, 4) is 11.5 Å². The Balaban J connectivity index is 2.13. The predicted octanol–water partition coefficient (Wildman–Crippen LogP) is 2.46. The summed E-state index contributed by atoms with van der Waals surface area (Å²) < 4.78 is 10.4. The summed E-state index contributed by atoms with van der Waals surface area (Å²) in [6.45, 7) is 0.547. The number of nitrogens with one attached hydrogen (secondary N) is 2. The number of methoxy groups -OCH3 is 2. The van der Waals surface area contributed by atoms with Gasteiger partial charge in [-0.25, -0.2) is 0 Å². The molecule has 2 amide bonds. The smallest absolute Gasteiger partial charge is 0.255 e. The van der Waals surface area contributed by atoms with E-state index < -0.39 is 0 Å². The molecule has 0 aliphatic rings. The maximum absolute atomic E-state index is 12.6. The Labute approximate surface area is 158 Å². The SMILES string of the molecule is COc1ccc(C(=O)Nc2ccccc2C(=O)NCCCCO)cc1OC. The van der Waals surface area contributed by atoms with E-state index in [1.807, 2.05) is 0 Å². The minimum Gasteiger partial charge on any atom is -0.493 e. The number of hydrogen-bond donors (Lipinski definition) is 3. The van der Waals surface area contributed by atoms with E-state index in [2.05, 4.69) is 10.6 Å². The van der Waals surface area contributed by atoms with Gasteiger partial charge in [-0.3, -0.25) is 9.59 Å². The topological polar surface area (TPSA) is 96.9 Å². The van der Waals surface area contributed by atoms with Gasteiger partial charge in [0.2, 0.25) is 0 Å². The highest BCUT2D eigenvalue weighted by molar-refractivity contribution is 6.09. The summed E-state index contributed by atoms with van der Waals surface area (Å²) in [6, 6.07) is 11.6. The number of aliphatic hydroxyl groups is 1. The lowest BCUT2D eigenvalue weighted by Crippen LogP contribution is -2.26. The van der Waals surface area contributed by atoms with E-state index in [-0.39, 0.29) is 18.4 Å². The van der Waals surface area contributed by atoms with Crippen LogP contribution in [0.5, 0.6) is 11.5 Å². The van der Waals surface area contributed by atoms with Gasteiger partial charge in [-0.05, 0) is 43.2 Å². The normalized spacial score (nSPS) is 10.2. The number of hydrogen-bond acceptors (Lipinski definition) is 5. The molecule has 0 unspecified atom stereocenters. The number of carbonyl (C=O) groups is 2. The first-order valence-corrected chi connectivity index (χ1v) is 8.62. The second kappa shape index (κ2) is 10.2. The van der Waals surface area contributed by atoms with Crippen LogP contribution in [-0.4, -0.2) is 44.3 Å². The molecule has 144 valence electrons. The molecule has 0 heterocycles. The molecule has 2 aromatic carbocycles. The molecule has 0 aliphatic carbocycles. The molecule has 3 N–H and O–H groups in total. The number of ether oxygens (including phenoxy) is 2. The fourth-order valence-electron chi connectivity index (χ4n) is 2.50. The van der Waals surface area contributed by atoms with Crippen molar-refractivity contribution in [1.29, 1.82) is 0 Å². The minimum absolute atomic E-state index is 0.0911. The molecule has 7 heteroatoms. The van der Waals surface area contributed by atoms with Crippen LogP contribution < -0.4 is 20.1 Å². The van der Waals surface area contributed by atoms with Crippen molar-refractivity contribution in [3.05, 3.63) is 53.6 Å². The molecule has 0 saturated carbocycles. The van der Waals surface area contributed by atoms with Crippen LogP contribution in [0.15, 0.2) is 42.5 Å². The van der Waals surface area contributed by atoms with Crippen LogP contribution in [0.3, 0.4) is 0 Å². The van der Waals surface area contributed by atoms with E-state index in [0.717, 1.165) is 0 Å². The highest BCUT2D eigenvalue weighted by Gasteiger charge is 2.15. The van der Waals surface area contributed by atoms with Gasteiger partial charge < -0.3 is 25.2 Å². The molecule has 0 saturated heterocycles. The average molecular weight is 372 g/mol. The lowest BCUT2D eigenvalue weighted by molar-refractivity contribution is 0.0953. The summed E-state index contributed by atoms with van der Waals surface area (Å²) in [5.41, 5.74) is 1.16. The standard InChI is InChI=1S/C20H24N2O5/c1-26-17-10-9-14(13-18(17)27-2)19(24)22-16-8-4-3-7-15(16)20(25)21-11-5-6-12-23/h3-4,7-10,13,23H,5-6,11-12H2,1-2H3,(H,21,25)(H,22,24). The molecule has 0 aliphatic heterocycles. The second-order valence-corrected chi connectivity index (χ2v) is 5.76. The molecule has 0 fully saturated rings. The van der Waals surface area contributed by atoms with Crippen molar-refractivity contribution < 1.29 is 24.2 Å². The molecule has 27 heavy (non-hydrogen) atoms. The first-order valence-electron chi connectivity index (χ1n) is 8.62. The number of carbonyl (C=O) groups excluding carboxylic acids is 2. The molecule has 7 nitrogen and oxygen atoms in total. The molecule has 0 radical (unpaired) electrons. The Morgan fingerprint density at radius 3 is 2.41 bits per heavy atom. The highest BCUT2D eigenvalue weighted by Crippen LogP contribution is 2.28. The third-order valence-electron chi connectivity index (χ3n) is 3.94. The average Bonchev–Trinajstić information content (AvgIpc) is 2.70. The van der Waals surface area contributed by atoms with Crippen LogP contribution in [0.1, 0.15) is 33.6 Å². The Kier molecular flexibility index (Phi) is 7.63. The molecule has 0 aromatic heterocycles. The van der Waals surface area contributed by atoms with Gasteiger partial charge in [0, 0.05) is 18.7 Å². The van der Waals surface area contributed by atoms with Gasteiger partial charge in [-0.15, -0.1) is 0 Å². The zero-order valence-corrected chi connectivity index (χ0v) is 15.5. The van der Waals surface area contributed by atoms with E-state index in [0.29, 0.717) is 47.7 Å². The van der Waals surface area contributed by atoms with Gasteiger partial charge in [-0.2, -0.15) is 0 Å².